The lowest BCUT2D eigenvalue weighted by atomic mass is 10.1. The van der Waals surface area contributed by atoms with E-state index >= 15 is 0 Å². The van der Waals surface area contributed by atoms with Crippen molar-refractivity contribution in [1.29, 1.82) is 5.26 Å². The van der Waals surface area contributed by atoms with Gasteiger partial charge in [0, 0.05) is 0 Å². The quantitative estimate of drug-likeness (QED) is 0.576. The predicted molar refractivity (Wildman–Crippen MR) is 47.0 cm³/mol. The number of hydrogen-bond acceptors (Lipinski definition) is 3. The number of nitriles is 1. The average Bonchev–Trinajstić information content (AvgIpc) is 2.24. The zero-order valence-electron chi connectivity index (χ0n) is 8.18. The van der Waals surface area contributed by atoms with Crippen molar-refractivity contribution in [3.05, 3.63) is 34.6 Å². The molecule has 0 spiro atoms. The second-order valence-electron chi connectivity index (χ2n) is 2.74. The molecule has 0 bridgehead atoms. The Morgan fingerprint density at radius 2 is 2.06 bits per heavy atom. The molecule has 0 aromatic heterocycles. The van der Waals surface area contributed by atoms with Crippen molar-refractivity contribution in [2.45, 2.75) is 6.92 Å². The number of hydrogen-bond donors (Lipinski definition) is 0. The lowest BCUT2D eigenvalue weighted by Crippen LogP contribution is -2.10. The summed E-state index contributed by atoms with van der Waals surface area (Å²) in [6, 6.07) is 1.51. The van der Waals surface area contributed by atoms with Gasteiger partial charge in [0.2, 0.25) is 0 Å². The van der Waals surface area contributed by atoms with Crippen molar-refractivity contribution in [3.8, 4) is 6.07 Å². The minimum atomic E-state index is -1.62. The number of rotatable bonds is 2. The SMILES string of the molecule is CCOC(=O)c1cc(F)c(F)c(C#N)c1F. The van der Waals surface area contributed by atoms with Crippen LogP contribution < -0.4 is 0 Å². The summed E-state index contributed by atoms with van der Waals surface area (Å²) >= 11 is 0. The number of benzene rings is 1. The van der Waals surface area contributed by atoms with Crippen LogP contribution >= 0.6 is 0 Å². The highest BCUT2D eigenvalue weighted by Gasteiger charge is 2.23. The maximum absolute atomic E-state index is 13.4. The summed E-state index contributed by atoms with van der Waals surface area (Å²) in [7, 11) is 0. The predicted octanol–water partition coefficient (Wildman–Crippen LogP) is 2.15. The molecule has 3 nitrogen and oxygen atoms in total. The lowest BCUT2D eigenvalue weighted by molar-refractivity contribution is 0.0520. The number of ether oxygens (including phenoxy) is 1. The molecule has 0 aliphatic rings. The maximum atomic E-state index is 13.4. The van der Waals surface area contributed by atoms with Crippen LogP contribution in [0.1, 0.15) is 22.8 Å². The highest BCUT2D eigenvalue weighted by atomic mass is 19.2. The molecule has 0 aliphatic carbocycles. The molecular weight excluding hydrogens is 223 g/mol. The van der Waals surface area contributed by atoms with Crippen molar-refractivity contribution < 1.29 is 22.7 Å². The molecule has 84 valence electrons. The van der Waals surface area contributed by atoms with Crippen LogP contribution in [0.3, 0.4) is 0 Å². The number of nitrogens with zero attached hydrogens (tertiary/aromatic N) is 1. The van der Waals surface area contributed by atoms with Gasteiger partial charge in [-0.15, -0.1) is 0 Å². The van der Waals surface area contributed by atoms with Crippen molar-refractivity contribution in [1.82, 2.24) is 0 Å². The minimum Gasteiger partial charge on any atom is -0.462 e. The summed E-state index contributed by atoms with van der Waals surface area (Å²) in [5.41, 5.74) is -1.93. The largest absolute Gasteiger partial charge is 0.462 e. The average molecular weight is 229 g/mol. The molecule has 0 N–H and O–H groups in total. The van der Waals surface area contributed by atoms with Crippen molar-refractivity contribution in [2.75, 3.05) is 6.61 Å². The van der Waals surface area contributed by atoms with E-state index in [0.29, 0.717) is 6.07 Å². The number of carbonyl (C=O) groups is 1. The van der Waals surface area contributed by atoms with Crippen LogP contribution in [0.4, 0.5) is 13.2 Å². The standard InChI is InChI=1S/C10H6F3NO2/c1-2-16-10(15)5-3-7(11)9(13)6(4-14)8(5)12/h3H,2H2,1H3. The van der Waals surface area contributed by atoms with E-state index in [1.54, 1.807) is 0 Å². The Kier molecular flexibility index (Phi) is 3.51. The molecule has 0 atom stereocenters. The Morgan fingerprint density at radius 3 is 2.56 bits per heavy atom. The highest BCUT2D eigenvalue weighted by Crippen LogP contribution is 2.20. The van der Waals surface area contributed by atoms with Gasteiger partial charge in [0.15, 0.2) is 17.5 Å². The molecule has 0 heterocycles. The molecule has 1 rings (SSSR count). The molecule has 6 heteroatoms. The zero-order chi connectivity index (χ0) is 12.3. The van der Waals surface area contributed by atoms with E-state index in [-0.39, 0.29) is 6.61 Å². The fourth-order valence-corrected chi connectivity index (χ4v) is 1.06. The Balaban J connectivity index is 3.38. The molecule has 0 amide bonds. The van der Waals surface area contributed by atoms with Crippen LogP contribution in [0.2, 0.25) is 0 Å². The fraction of sp³-hybridized carbons (Fsp3) is 0.200. The zero-order valence-corrected chi connectivity index (χ0v) is 8.18. The van der Waals surface area contributed by atoms with E-state index in [0.717, 1.165) is 6.07 Å². The second kappa shape index (κ2) is 4.66. The molecule has 1 aromatic rings. The lowest BCUT2D eigenvalue weighted by Gasteiger charge is -2.05. The summed E-state index contributed by atoms with van der Waals surface area (Å²) in [5, 5.41) is 8.41. The molecule has 0 radical (unpaired) electrons. The highest BCUT2D eigenvalue weighted by molar-refractivity contribution is 5.90. The van der Waals surface area contributed by atoms with Gasteiger partial charge in [-0.25, -0.2) is 18.0 Å². The van der Waals surface area contributed by atoms with Crippen molar-refractivity contribution >= 4 is 5.97 Å². The molecule has 16 heavy (non-hydrogen) atoms. The Morgan fingerprint density at radius 1 is 1.44 bits per heavy atom. The van der Waals surface area contributed by atoms with Crippen LogP contribution in [-0.2, 0) is 4.74 Å². The van der Waals surface area contributed by atoms with Crippen LogP contribution in [0.5, 0.6) is 0 Å². The Labute approximate surface area is 89.1 Å². The van der Waals surface area contributed by atoms with Gasteiger partial charge in [-0.05, 0) is 13.0 Å². The van der Waals surface area contributed by atoms with E-state index in [1.807, 2.05) is 0 Å². The van der Waals surface area contributed by atoms with E-state index in [2.05, 4.69) is 4.74 Å². The van der Waals surface area contributed by atoms with Gasteiger partial charge in [-0.3, -0.25) is 0 Å². The van der Waals surface area contributed by atoms with Crippen LogP contribution in [0.25, 0.3) is 0 Å². The third-order valence-electron chi connectivity index (χ3n) is 1.76. The summed E-state index contributed by atoms with van der Waals surface area (Å²) in [6.07, 6.45) is 0. The first kappa shape index (κ1) is 12.0. The van der Waals surface area contributed by atoms with Crippen molar-refractivity contribution in [3.63, 3.8) is 0 Å². The van der Waals surface area contributed by atoms with Gasteiger partial charge in [0.1, 0.15) is 11.6 Å². The molecular formula is C10H6F3NO2. The van der Waals surface area contributed by atoms with E-state index < -0.39 is 34.5 Å². The topological polar surface area (TPSA) is 50.1 Å². The minimum absolute atomic E-state index is 0.0425. The Bertz CT molecular complexity index is 480. The van der Waals surface area contributed by atoms with Gasteiger partial charge >= 0.3 is 5.97 Å². The van der Waals surface area contributed by atoms with Crippen LogP contribution in [-0.4, -0.2) is 12.6 Å². The van der Waals surface area contributed by atoms with Gasteiger partial charge in [0.25, 0.3) is 0 Å². The first-order valence-corrected chi connectivity index (χ1v) is 4.27. The van der Waals surface area contributed by atoms with Crippen molar-refractivity contribution in [2.24, 2.45) is 0 Å². The monoisotopic (exact) mass is 229 g/mol. The van der Waals surface area contributed by atoms with E-state index in [9.17, 15) is 18.0 Å². The third kappa shape index (κ3) is 1.98. The first-order valence-electron chi connectivity index (χ1n) is 4.27. The summed E-state index contributed by atoms with van der Waals surface area (Å²) in [6.45, 7) is 1.43. The fourth-order valence-electron chi connectivity index (χ4n) is 1.06. The summed E-state index contributed by atoms with van der Waals surface area (Å²) in [5.74, 6) is -5.65. The molecule has 0 aliphatic heterocycles. The number of carbonyl (C=O) groups excluding carboxylic acids is 1. The molecule has 0 saturated carbocycles. The number of halogens is 3. The summed E-state index contributed by atoms with van der Waals surface area (Å²) in [4.78, 5) is 11.1. The first-order chi connectivity index (χ1) is 7.52. The summed E-state index contributed by atoms with van der Waals surface area (Å²) < 4.78 is 43.6. The third-order valence-corrected chi connectivity index (χ3v) is 1.76. The number of esters is 1. The van der Waals surface area contributed by atoms with Gasteiger partial charge in [-0.1, -0.05) is 0 Å². The normalized spacial score (nSPS) is 9.69. The molecule has 0 fully saturated rings. The van der Waals surface area contributed by atoms with Crippen LogP contribution in [0.15, 0.2) is 6.07 Å². The van der Waals surface area contributed by atoms with Crippen LogP contribution in [0, 0.1) is 28.8 Å². The van der Waals surface area contributed by atoms with Gasteiger partial charge in [-0.2, -0.15) is 5.26 Å². The Hall–Kier alpha value is -2.03. The van der Waals surface area contributed by atoms with E-state index in [1.165, 1.54) is 6.92 Å². The van der Waals surface area contributed by atoms with Gasteiger partial charge < -0.3 is 4.74 Å². The molecule has 0 unspecified atom stereocenters. The maximum Gasteiger partial charge on any atom is 0.341 e. The van der Waals surface area contributed by atoms with Gasteiger partial charge in [0.05, 0.1) is 12.2 Å². The van der Waals surface area contributed by atoms with E-state index in [4.69, 9.17) is 5.26 Å². The molecule has 0 saturated heterocycles. The smallest absolute Gasteiger partial charge is 0.341 e. The molecule has 1 aromatic carbocycles. The second-order valence-corrected chi connectivity index (χ2v) is 2.74.